The summed E-state index contributed by atoms with van der Waals surface area (Å²) in [5.74, 6) is 0. The predicted octanol–water partition coefficient (Wildman–Crippen LogP) is 0.792. The van der Waals surface area contributed by atoms with Crippen LogP contribution in [-0.2, 0) is 14.8 Å². The van der Waals surface area contributed by atoms with Crippen LogP contribution in [0.5, 0.6) is 0 Å². The summed E-state index contributed by atoms with van der Waals surface area (Å²) in [4.78, 5) is 0.156. The highest BCUT2D eigenvalue weighted by Gasteiger charge is 2.20. The Kier molecular flexibility index (Phi) is 6.41. The minimum Gasteiger partial charge on any atom is -0.394 e. The molecular weight excluding hydrogens is 280 g/mol. The summed E-state index contributed by atoms with van der Waals surface area (Å²) in [6, 6.07) is 6.01. The molecule has 0 bridgehead atoms. The van der Waals surface area contributed by atoms with Crippen LogP contribution in [0.2, 0.25) is 0 Å². The molecule has 114 valence electrons. The molecule has 1 aromatic carbocycles. The molecule has 0 saturated heterocycles. The van der Waals surface area contributed by atoms with E-state index in [9.17, 15) is 13.5 Å². The standard InChI is InChI=1S/C13H22N2O4S/c1-10(2)15-20(17,18)13-7-5-4-6-12(13)14-11(8-16)9-19-3/h4-7,10-11,14-16H,8-9H2,1-3H3. The van der Waals surface area contributed by atoms with Crippen molar-refractivity contribution in [1.82, 2.24) is 4.72 Å². The first-order chi connectivity index (χ1) is 9.40. The van der Waals surface area contributed by atoms with Crippen LogP contribution in [0.1, 0.15) is 13.8 Å². The van der Waals surface area contributed by atoms with Crippen molar-refractivity contribution in [2.45, 2.75) is 30.8 Å². The minimum absolute atomic E-state index is 0.153. The monoisotopic (exact) mass is 302 g/mol. The predicted molar refractivity (Wildman–Crippen MR) is 78.3 cm³/mol. The third-order valence-corrected chi connectivity index (χ3v) is 4.23. The Balaban J connectivity index is 3.04. The highest BCUT2D eigenvalue weighted by Crippen LogP contribution is 2.21. The quantitative estimate of drug-likeness (QED) is 0.661. The highest BCUT2D eigenvalue weighted by molar-refractivity contribution is 7.89. The van der Waals surface area contributed by atoms with E-state index in [1.807, 2.05) is 0 Å². The molecule has 0 aliphatic heterocycles. The van der Waals surface area contributed by atoms with Crippen LogP contribution in [0.4, 0.5) is 5.69 Å². The van der Waals surface area contributed by atoms with Gasteiger partial charge in [-0.25, -0.2) is 13.1 Å². The second kappa shape index (κ2) is 7.58. The van der Waals surface area contributed by atoms with Gasteiger partial charge in [0.1, 0.15) is 4.90 Å². The second-order valence-corrected chi connectivity index (χ2v) is 6.43. The number of hydrogen-bond donors (Lipinski definition) is 3. The maximum Gasteiger partial charge on any atom is 0.242 e. The van der Waals surface area contributed by atoms with E-state index in [0.717, 1.165) is 0 Å². The molecule has 0 heterocycles. The molecule has 0 saturated carbocycles. The molecule has 6 nitrogen and oxygen atoms in total. The largest absolute Gasteiger partial charge is 0.394 e. The second-order valence-electron chi connectivity index (χ2n) is 4.75. The normalized spacial score (nSPS) is 13.4. The number of nitrogens with one attached hydrogen (secondary N) is 2. The molecule has 0 spiro atoms. The smallest absolute Gasteiger partial charge is 0.242 e. The molecule has 0 aliphatic carbocycles. The van der Waals surface area contributed by atoms with Gasteiger partial charge in [0.05, 0.1) is 24.9 Å². The first-order valence-corrected chi connectivity index (χ1v) is 7.86. The van der Waals surface area contributed by atoms with Crippen molar-refractivity contribution in [3.05, 3.63) is 24.3 Å². The van der Waals surface area contributed by atoms with Crippen LogP contribution in [0.15, 0.2) is 29.2 Å². The lowest BCUT2D eigenvalue weighted by molar-refractivity contribution is 0.153. The van der Waals surface area contributed by atoms with Gasteiger partial charge in [-0.1, -0.05) is 12.1 Å². The number of hydrogen-bond acceptors (Lipinski definition) is 5. The van der Waals surface area contributed by atoms with Crippen molar-refractivity contribution in [3.8, 4) is 0 Å². The van der Waals surface area contributed by atoms with Gasteiger partial charge in [-0.3, -0.25) is 0 Å². The molecule has 0 aliphatic rings. The van der Waals surface area contributed by atoms with Gasteiger partial charge in [0.2, 0.25) is 10.0 Å². The number of aliphatic hydroxyl groups excluding tert-OH is 1. The van der Waals surface area contributed by atoms with Gasteiger partial charge in [-0.2, -0.15) is 0 Å². The van der Waals surface area contributed by atoms with E-state index < -0.39 is 10.0 Å². The van der Waals surface area contributed by atoms with Gasteiger partial charge in [0.25, 0.3) is 0 Å². The zero-order valence-electron chi connectivity index (χ0n) is 12.0. The Morgan fingerprint density at radius 1 is 1.30 bits per heavy atom. The molecule has 0 radical (unpaired) electrons. The maximum atomic E-state index is 12.2. The Morgan fingerprint density at radius 2 is 1.95 bits per heavy atom. The summed E-state index contributed by atoms with van der Waals surface area (Å²) >= 11 is 0. The first kappa shape index (κ1) is 16.9. The van der Waals surface area contributed by atoms with E-state index in [2.05, 4.69) is 10.0 Å². The lowest BCUT2D eigenvalue weighted by Crippen LogP contribution is -2.33. The van der Waals surface area contributed by atoms with Gasteiger partial charge < -0.3 is 15.2 Å². The average molecular weight is 302 g/mol. The number of ether oxygens (including phenoxy) is 1. The Hall–Kier alpha value is -1.15. The summed E-state index contributed by atoms with van der Waals surface area (Å²) in [5, 5.41) is 12.2. The van der Waals surface area contributed by atoms with Crippen LogP contribution in [0, 0.1) is 0 Å². The van der Waals surface area contributed by atoms with Gasteiger partial charge in [-0.15, -0.1) is 0 Å². The Morgan fingerprint density at radius 3 is 2.50 bits per heavy atom. The summed E-state index contributed by atoms with van der Waals surface area (Å²) in [7, 11) is -2.07. The third-order valence-electron chi connectivity index (χ3n) is 2.52. The first-order valence-electron chi connectivity index (χ1n) is 6.38. The summed E-state index contributed by atoms with van der Waals surface area (Å²) in [5.41, 5.74) is 0.441. The van der Waals surface area contributed by atoms with Crippen molar-refractivity contribution in [2.75, 3.05) is 25.6 Å². The number of anilines is 1. The average Bonchev–Trinajstić information content (AvgIpc) is 2.37. The van der Waals surface area contributed by atoms with E-state index in [-0.39, 0.29) is 30.2 Å². The van der Waals surface area contributed by atoms with Crippen molar-refractivity contribution in [3.63, 3.8) is 0 Å². The van der Waals surface area contributed by atoms with Gasteiger partial charge >= 0.3 is 0 Å². The summed E-state index contributed by atoms with van der Waals surface area (Å²) in [6.07, 6.45) is 0. The van der Waals surface area contributed by atoms with E-state index >= 15 is 0 Å². The summed E-state index contributed by atoms with van der Waals surface area (Å²) < 4.78 is 32.0. The molecule has 3 N–H and O–H groups in total. The van der Waals surface area contributed by atoms with Crippen molar-refractivity contribution in [1.29, 1.82) is 0 Å². The minimum atomic E-state index is -3.59. The molecule has 1 atom stereocenters. The number of benzene rings is 1. The Labute approximate surface area is 120 Å². The fourth-order valence-corrected chi connectivity index (χ4v) is 3.18. The van der Waals surface area contributed by atoms with Crippen molar-refractivity contribution < 1.29 is 18.3 Å². The molecule has 1 unspecified atom stereocenters. The number of sulfonamides is 1. The van der Waals surface area contributed by atoms with Gasteiger partial charge in [0.15, 0.2) is 0 Å². The third kappa shape index (κ3) is 4.75. The molecule has 1 aromatic rings. The maximum absolute atomic E-state index is 12.2. The molecule has 0 aromatic heterocycles. The van der Waals surface area contributed by atoms with Crippen LogP contribution < -0.4 is 10.0 Å². The van der Waals surface area contributed by atoms with Gasteiger partial charge in [-0.05, 0) is 26.0 Å². The van der Waals surface area contributed by atoms with E-state index in [1.54, 1.807) is 32.0 Å². The van der Waals surface area contributed by atoms with E-state index in [4.69, 9.17) is 4.74 Å². The Bertz CT molecular complexity index is 517. The fourth-order valence-electron chi connectivity index (χ4n) is 1.76. The molecule has 1 rings (SSSR count). The zero-order chi connectivity index (χ0) is 15.2. The zero-order valence-corrected chi connectivity index (χ0v) is 12.8. The van der Waals surface area contributed by atoms with Crippen LogP contribution in [-0.4, -0.2) is 45.9 Å². The number of rotatable bonds is 8. The van der Waals surface area contributed by atoms with Crippen molar-refractivity contribution in [2.24, 2.45) is 0 Å². The van der Waals surface area contributed by atoms with Crippen LogP contribution >= 0.6 is 0 Å². The summed E-state index contributed by atoms with van der Waals surface area (Å²) in [6.45, 7) is 3.65. The molecule has 7 heteroatoms. The van der Waals surface area contributed by atoms with Crippen LogP contribution in [0.3, 0.4) is 0 Å². The lowest BCUT2D eigenvalue weighted by Gasteiger charge is -2.19. The highest BCUT2D eigenvalue weighted by atomic mass is 32.2. The molecule has 0 amide bonds. The topological polar surface area (TPSA) is 87.7 Å². The SMILES string of the molecule is COCC(CO)Nc1ccccc1S(=O)(=O)NC(C)C. The molecular formula is C13H22N2O4S. The van der Waals surface area contributed by atoms with Crippen molar-refractivity contribution >= 4 is 15.7 Å². The van der Waals surface area contributed by atoms with E-state index in [0.29, 0.717) is 5.69 Å². The van der Waals surface area contributed by atoms with E-state index in [1.165, 1.54) is 13.2 Å². The number of para-hydroxylation sites is 1. The molecule has 20 heavy (non-hydrogen) atoms. The number of aliphatic hydroxyl groups is 1. The lowest BCUT2D eigenvalue weighted by atomic mass is 10.2. The number of methoxy groups -OCH3 is 1. The van der Waals surface area contributed by atoms with Crippen LogP contribution in [0.25, 0.3) is 0 Å². The fraction of sp³-hybridized carbons (Fsp3) is 0.538. The van der Waals surface area contributed by atoms with Gasteiger partial charge in [0, 0.05) is 13.2 Å². The molecule has 0 fully saturated rings.